The topological polar surface area (TPSA) is 76.1 Å². The molecule has 0 aromatic carbocycles. The Morgan fingerprint density at radius 2 is 1.86 bits per heavy atom. The number of hydrogen-bond donors (Lipinski definition) is 1. The molecule has 28 heavy (non-hydrogen) atoms. The first kappa shape index (κ1) is 24.6. The molecule has 0 aromatic heterocycles. The van der Waals surface area contributed by atoms with E-state index >= 15 is 0 Å². The summed E-state index contributed by atoms with van der Waals surface area (Å²) in [5, 5.41) is 10.5. The molecule has 0 bridgehead atoms. The predicted molar refractivity (Wildman–Crippen MR) is 113 cm³/mol. The highest BCUT2D eigenvalue weighted by Crippen LogP contribution is 2.40. The Bertz CT molecular complexity index is 606. The second kappa shape index (κ2) is 9.83. The van der Waals surface area contributed by atoms with Gasteiger partial charge in [0.2, 0.25) is 0 Å². The van der Waals surface area contributed by atoms with Crippen LogP contribution in [-0.4, -0.2) is 57.5 Å². The molecule has 1 saturated heterocycles. The van der Waals surface area contributed by atoms with Gasteiger partial charge in [-0.05, 0) is 46.6 Å². The number of hydrogen-bond acceptors (Lipinski definition) is 6. The lowest BCUT2D eigenvalue weighted by Crippen LogP contribution is -2.48. The third-order valence-corrected chi connectivity index (χ3v) is 5.87. The molecule has 1 rings (SSSR count). The largest absolute Gasteiger partial charge is 0.466 e. The Balaban J connectivity index is 2.99. The third-order valence-electron chi connectivity index (χ3n) is 4.46. The van der Waals surface area contributed by atoms with E-state index in [1.807, 2.05) is 60.6 Å². The first-order valence-electron chi connectivity index (χ1n) is 9.57. The van der Waals surface area contributed by atoms with Gasteiger partial charge in [0.25, 0.3) is 0 Å². The van der Waals surface area contributed by atoms with Crippen LogP contribution in [0.2, 0.25) is 0 Å². The average Bonchev–Trinajstić information content (AvgIpc) is 2.85. The summed E-state index contributed by atoms with van der Waals surface area (Å²) in [5.41, 5.74) is -0.565. The number of aliphatic hydroxyl groups is 1. The van der Waals surface area contributed by atoms with Gasteiger partial charge in [-0.3, -0.25) is 4.90 Å². The van der Waals surface area contributed by atoms with Gasteiger partial charge in [-0.25, -0.2) is 9.59 Å². The SMILES string of the molecule is COC(=O)/C=C/[C@H](O)[C@H](/C=C/[C@@H]1CSC(C)(C)N1C(=O)OC(C)(C)C)C(C)C. The molecule has 0 aliphatic carbocycles. The Hall–Kier alpha value is -1.47. The number of nitrogens with zero attached hydrogens (tertiary/aromatic N) is 1. The fourth-order valence-corrected chi connectivity index (χ4v) is 4.19. The van der Waals surface area contributed by atoms with Gasteiger partial charge in [0.05, 0.1) is 24.1 Å². The molecular formula is C21H35NO5S. The Labute approximate surface area is 173 Å². The zero-order valence-electron chi connectivity index (χ0n) is 18.3. The van der Waals surface area contributed by atoms with Crippen molar-refractivity contribution in [2.24, 2.45) is 11.8 Å². The lowest BCUT2D eigenvalue weighted by molar-refractivity contribution is -0.134. The first-order chi connectivity index (χ1) is 12.8. The monoisotopic (exact) mass is 413 g/mol. The summed E-state index contributed by atoms with van der Waals surface area (Å²) in [4.78, 5) is 25.4. The number of methoxy groups -OCH3 is 1. The standard InChI is InChI=1S/C21H35NO5S/c1-14(2)16(17(23)11-12-18(24)26-8)10-9-15-13-28-21(6,7)22(15)19(25)27-20(3,4)5/h9-12,14-17,23H,13H2,1-8H3/b10-9+,12-11+/t15-,16-,17+/m1/s1. The van der Waals surface area contributed by atoms with Gasteiger partial charge in [0.1, 0.15) is 5.60 Å². The van der Waals surface area contributed by atoms with E-state index in [9.17, 15) is 14.7 Å². The second-order valence-electron chi connectivity index (χ2n) is 8.75. The van der Waals surface area contributed by atoms with Gasteiger partial charge >= 0.3 is 12.1 Å². The molecule has 0 radical (unpaired) electrons. The molecule has 0 spiro atoms. The van der Waals surface area contributed by atoms with E-state index in [-0.39, 0.29) is 28.8 Å². The molecule has 1 N–H and O–H groups in total. The van der Waals surface area contributed by atoms with Crippen molar-refractivity contribution in [3.8, 4) is 0 Å². The van der Waals surface area contributed by atoms with Crippen LogP contribution in [0.3, 0.4) is 0 Å². The van der Waals surface area contributed by atoms with Crippen molar-refractivity contribution in [1.29, 1.82) is 0 Å². The van der Waals surface area contributed by atoms with Crippen molar-refractivity contribution in [3.05, 3.63) is 24.3 Å². The highest BCUT2D eigenvalue weighted by Gasteiger charge is 2.44. The fourth-order valence-electron chi connectivity index (χ4n) is 3.00. The summed E-state index contributed by atoms with van der Waals surface area (Å²) < 4.78 is 10.2. The molecule has 3 atom stereocenters. The zero-order valence-corrected chi connectivity index (χ0v) is 19.1. The minimum absolute atomic E-state index is 0.132. The Morgan fingerprint density at radius 3 is 2.36 bits per heavy atom. The van der Waals surface area contributed by atoms with E-state index in [0.29, 0.717) is 0 Å². The number of ether oxygens (including phenoxy) is 2. The van der Waals surface area contributed by atoms with E-state index in [2.05, 4.69) is 4.74 Å². The molecule has 1 heterocycles. The molecule has 1 aliphatic heterocycles. The van der Waals surface area contributed by atoms with Crippen LogP contribution in [0.15, 0.2) is 24.3 Å². The van der Waals surface area contributed by atoms with Gasteiger partial charge in [0, 0.05) is 17.7 Å². The summed E-state index contributed by atoms with van der Waals surface area (Å²) in [7, 11) is 1.30. The highest BCUT2D eigenvalue weighted by molar-refractivity contribution is 8.00. The number of carbonyl (C=O) groups is 2. The van der Waals surface area contributed by atoms with Crippen LogP contribution >= 0.6 is 11.8 Å². The molecule has 160 valence electrons. The summed E-state index contributed by atoms with van der Waals surface area (Å²) in [6, 6.07) is -0.132. The van der Waals surface area contributed by atoms with Gasteiger partial charge in [0.15, 0.2) is 0 Å². The van der Waals surface area contributed by atoms with Crippen LogP contribution < -0.4 is 0 Å². The number of thioether (sulfide) groups is 1. The maximum atomic E-state index is 12.8. The third kappa shape index (κ3) is 7.17. The average molecular weight is 414 g/mol. The summed E-state index contributed by atoms with van der Waals surface area (Å²) >= 11 is 1.69. The maximum absolute atomic E-state index is 12.8. The highest BCUT2D eigenvalue weighted by atomic mass is 32.2. The van der Waals surface area contributed by atoms with Gasteiger partial charge in [-0.2, -0.15) is 0 Å². The van der Waals surface area contributed by atoms with Crippen LogP contribution in [0.1, 0.15) is 48.5 Å². The summed E-state index contributed by atoms with van der Waals surface area (Å²) in [6.45, 7) is 13.6. The Kier molecular flexibility index (Phi) is 8.63. The minimum atomic E-state index is -0.826. The van der Waals surface area contributed by atoms with Crippen LogP contribution in [-0.2, 0) is 14.3 Å². The number of amides is 1. The van der Waals surface area contributed by atoms with Crippen molar-refractivity contribution in [2.75, 3.05) is 12.9 Å². The number of aliphatic hydroxyl groups excluding tert-OH is 1. The van der Waals surface area contributed by atoms with E-state index in [4.69, 9.17) is 4.74 Å². The molecule has 0 saturated carbocycles. The molecule has 1 fully saturated rings. The zero-order chi connectivity index (χ0) is 21.7. The summed E-state index contributed by atoms with van der Waals surface area (Å²) in [5.74, 6) is 0.193. The van der Waals surface area contributed by atoms with Crippen molar-refractivity contribution in [3.63, 3.8) is 0 Å². The van der Waals surface area contributed by atoms with E-state index in [1.165, 1.54) is 19.3 Å². The summed E-state index contributed by atoms with van der Waals surface area (Å²) in [6.07, 6.45) is 5.40. The van der Waals surface area contributed by atoms with Crippen molar-refractivity contribution >= 4 is 23.8 Å². The van der Waals surface area contributed by atoms with E-state index < -0.39 is 17.7 Å². The minimum Gasteiger partial charge on any atom is -0.466 e. The van der Waals surface area contributed by atoms with Crippen molar-refractivity contribution < 1.29 is 24.2 Å². The lowest BCUT2D eigenvalue weighted by atomic mass is 9.89. The van der Waals surface area contributed by atoms with Crippen LogP contribution in [0, 0.1) is 11.8 Å². The van der Waals surface area contributed by atoms with Crippen LogP contribution in [0.4, 0.5) is 4.79 Å². The normalized spacial score (nSPS) is 22.1. The fraction of sp³-hybridized carbons (Fsp3) is 0.714. The van der Waals surface area contributed by atoms with Gasteiger partial charge < -0.3 is 14.6 Å². The maximum Gasteiger partial charge on any atom is 0.411 e. The molecule has 6 nitrogen and oxygen atoms in total. The van der Waals surface area contributed by atoms with E-state index in [0.717, 1.165) is 5.75 Å². The van der Waals surface area contributed by atoms with Gasteiger partial charge in [-0.15, -0.1) is 11.8 Å². The molecule has 0 aromatic rings. The molecule has 1 aliphatic rings. The van der Waals surface area contributed by atoms with Crippen LogP contribution in [0.25, 0.3) is 0 Å². The molecule has 1 amide bonds. The van der Waals surface area contributed by atoms with Crippen molar-refractivity contribution in [1.82, 2.24) is 4.90 Å². The lowest BCUT2D eigenvalue weighted by Gasteiger charge is -2.35. The smallest absolute Gasteiger partial charge is 0.411 e. The predicted octanol–water partition coefficient (Wildman–Crippen LogP) is 3.99. The first-order valence-corrected chi connectivity index (χ1v) is 10.6. The molecule has 7 heteroatoms. The quantitative estimate of drug-likeness (QED) is 0.403. The Morgan fingerprint density at radius 1 is 1.25 bits per heavy atom. The van der Waals surface area contributed by atoms with Crippen LogP contribution in [0.5, 0.6) is 0 Å². The number of rotatable bonds is 6. The van der Waals surface area contributed by atoms with Gasteiger partial charge in [-0.1, -0.05) is 26.0 Å². The molecular weight excluding hydrogens is 378 g/mol. The molecule has 0 unspecified atom stereocenters. The number of esters is 1. The van der Waals surface area contributed by atoms with Crippen molar-refractivity contribution in [2.45, 2.75) is 71.1 Å². The van der Waals surface area contributed by atoms with E-state index in [1.54, 1.807) is 16.7 Å². The second-order valence-corrected chi connectivity index (χ2v) is 10.4. The number of carbonyl (C=O) groups excluding carboxylic acids is 2.